The lowest BCUT2D eigenvalue weighted by molar-refractivity contribution is 0.103. The fourth-order valence-electron chi connectivity index (χ4n) is 2.11. The quantitative estimate of drug-likeness (QED) is 0.742. The van der Waals surface area contributed by atoms with Crippen molar-refractivity contribution in [3.8, 4) is 0 Å². The van der Waals surface area contributed by atoms with Crippen molar-refractivity contribution in [3.63, 3.8) is 0 Å². The minimum atomic E-state index is 0.0930. The van der Waals surface area contributed by atoms with Gasteiger partial charge in [-0.2, -0.15) is 0 Å². The topological polar surface area (TPSA) is 25.2 Å². The van der Waals surface area contributed by atoms with Crippen LogP contribution in [0.25, 0.3) is 0 Å². The second-order valence-electron chi connectivity index (χ2n) is 4.94. The first kappa shape index (κ1) is 13.6. The van der Waals surface area contributed by atoms with Crippen molar-refractivity contribution in [3.05, 3.63) is 59.9 Å². The van der Waals surface area contributed by atoms with Crippen LogP contribution in [0.4, 0.5) is 0 Å². The van der Waals surface area contributed by atoms with Gasteiger partial charge in [-0.3, -0.25) is 4.79 Å². The molecule has 1 heterocycles. The van der Waals surface area contributed by atoms with Gasteiger partial charge in [0.2, 0.25) is 5.78 Å². The fraction of sp³-hybridized carbons (Fsp3) is 0.312. The predicted octanol–water partition coefficient (Wildman–Crippen LogP) is 2.67. The average Bonchev–Trinajstić information content (AvgIpc) is 2.87. The summed E-state index contributed by atoms with van der Waals surface area (Å²) in [6, 6.07) is 13.3. The van der Waals surface area contributed by atoms with Crippen LogP contribution in [0.1, 0.15) is 22.5 Å². The number of nitrogens with zero attached hydrogens (tertiary/aromatic N) is 2. The SMILES string of the molecule is CN(C)CCCn1cccc1C(=O)c1ccccc1. The second-order valence-corrected chi connectivity index (χ2v) is 4.94. The molecule has 0 amide bonds. The van der Waals surface area contributed by atoms with E-state index < -0.39 is 0 Å². The molecule has 0 spiro atoms. The lowest BCUT2D eigenvalue weighted by atomic mass is 10.1. The minimum absolute atomic E-state index is 0.0930. The van der Waals surface area contributed by atoms with Crippen LogP contribution in [0.3, 0.4) is 0 Å². The first-order valence-corrected chi connectivity index (χ1v) is 6.58. The maximum Gasteiger partial charge on any atom is 0.209 e. The maximum atomic E-state index is 12.4. The van der Waals surface area contributed by atoms with Gasteiger partial charge in [0.05, 0.1) is 5.69 Å². The molecule has 0 bridgehead atoms. The van der Waals surface area contributed by atoms with Crippen molar-refractivity contribution in [2.24, 2.45) is 0 Å². The Kier molecular flexibility index (Phi) is 4.53. The third kappa shape index (κ3) is 3.55. The number of ketones is 1. The zero-order chi connectivity index (χ0) is 13.7. The summed E-state index contributed by atoms with van der Waals surface area (Å²) in [5.41, 5.74) is 1.51. The lowest BCUT2D eigenvalue weighted by Crippen LogP contribution is -2.16. The molecule has 0 saturated carbocycles. The van der Waals surface area contributed by atoms with Crippen LogP contribution in [-0.4, -0.2) is 35.9 Å². The highest BCUT2D eigenvalue weighted by molar-refractivity contribution is 6.07. The highest BCUT2D eigenvalue weighted by atomic mass is 16.1. The third-order valence-corrected chi connectivity index (χ3v) is 3.10. The summed E-state index contributed by atoms with van der Waals surface area (Å²) in [5, 5.41) is 0. The van der Waals surface area contributed by atoms with Gasteiger partial charge in [0.1, 0.15) is 0 Å². The van der Waals surface area contributed by atoms with Gasteiger partial charge in [0.25, 0.3) is 0 Å². The van der Waals surface area contributed by atoms with Crippen LogP contribution in [0.5, 0.6) is 0 Å². The Balaban J connectivity index is 2.09. The van der Waals surface area contributed by atoms with Crippen LogP contribution in [0.15, 0.2) is 48.7 Å². The van der Waals surface area contributed by atoms with Crippen molar-refractivity contribution < 1.29 is 4.79 Å². The normalized spacial score (nSPS) is 10.9. The molecule has 0 saturated heterocycles. The number of rotatable bonds is 6. The molecule has 0 aliphatic rings. The molecule has 0 unspecified atom stereocenters. The molecule has 2 rings (SSSR count). The largest absolute Gasteiger partial charge is 0.345 e. The fourth-order valence-corrected chi connectivity index (χ4v) is 2.11. The van der Waals surface area contributed by atoms with Crippen LogP contribution in [-0.2, 0) is 6.54 Å². The monoisotopic (exact) mass is 256 g/mol. The minimum Gasteiger partial charge on any atom is -0.345 e. The van der Waals surface area contributed by atoms with Crippen molar-refractivity contribution in [1.82, 2.24) is 9.47 Å². The van der Waals surface area contributed by atoms with E-state index in [0.717, 1.165) is 30.8 Å². The van der Waals surface area contributed by atoms with Gasteiger partial charge in [-0.25, -0.2) is 0 Å². The van der Waals surface area contributed by atoms with E-state index in [-0.39, 0.29) is 5.78 Å². The van der Waals surface area contributed by atoms with E-state index in [1.807, 2.05) is 53.2 Å². The van der Waals surface area contributed by atoms with E-state index >= 15 is 0 Å². The van der Waals surface area contributed by atoms with E-state index in [9.17, 15) is 4.79 Å². The summed E-state index contributed by atoms with van der Waals surface area (Å²) >= 11 is 0. The summed E-state index contributed by atoms with van der Waals surface area (Å²) in [4.78, 5) is 14.5. The second kappa shape index (κ2) is 6.34. The van der Waals surface area contributed by atoms with Gasteiger partial charge >= 0.3 is 0 Å². The van der Waals surface area contributed by atoms with Gasteiger partial charge in [-0.15, -0.1) is 0 Å². The Labute approximate surface area is 114 Å². The molecule has 0 N–H and O–H groups in total. The molecule has 19 heavy (non-hydrogen) atoms. The van der Waals surface area contributed by atoms with E-state index in [1.54, 1.807) is 0 Å². The van der Waals surface area contributed by atoms with Gasteiger partial charge in [0, 0.05) is 18.3 Å². The van der Waals surface area contributed by atoms with Crippen molar-refractivity contribution in [2.45, 2.75) is 13.0 Å². The zero-order valence-corrected chi connectivity index (χ0v) is 11.5. The standard InChI is InChI=1S/C16H20N2O/c1-17(2)11-7-13-18-12-6-10-15(18)16(19)14-8-4-3-5-9-14/h3-6,8-10,12H,7,11,13H2,1-2H3. The highest BCUT2D eigenvalue weighted by Crippen LogP contribution is 2.11. The van der Waals surface area contributed by atoms with Gasteiger partial charge in [-0.05, 0) is 39.2 Å². The Morgan fingerprint density at radius 1 is 1.11 bits per heavy atom. The Hall–Kier alpha value is -1.87. The molecule has 100 valence electrons. The number of hydrogen-bond donors (Lipinski definition) is 0. The van der Waals surface area contributed by atoms with E-state index in [1.165, 1.54) is 0 Å². The van der Waals surface area contributed by atoms with Crippen molar-refractivity contribution in [2.75, 3.05) is 20.6 Å². The molecule has 3 nitrogen and oxygen atoms in total. The van der Waals surface area contributed by atoms with Crippen LogP contribution >= 0.6 is 0 Å². The molecule has 0 radical (unpaired) electrons. The molecular formula is C16H20N2O. The highest BCUT2D eigenvalue weighted by Gasteiger charge is 2.12. The van der Waals surface area contributed by atoms with Crippen molar-refractivity contribution in [1.29, 1.82) is 0 Å². The summed E-state index contributed by atoms with van der Waals surface area (Å²) in [6.07, 6.45) is 3.02. The Morgan fingerprint density at radius 2 is 1.84 bits per heavy atom. The Morgan fingerprint density at radius 3 is 2.53 bits per heavy atom. The molecule has 0 aliphatic heterocycles. The van der Waals surface area contributed by atoms with Crippen molar-refractivity contribution >= 4 is 5.78 Å². The zero-order valence-electron chi connectivity index (χ0n) is 11.5. The maximum absolute atomic E-state index is 12.4. The molecule has 1 aromatic carbocycles. The smallest absolute Gasteiger partial charge is 0.209 e. The molecule has 2 aromatic rings. The molecular weight excluding hydrogens is 236 g/mol. The molecule has 3 heteroatoms. The molecule has 0 atom stereocenters. The average molecular weight is 256 g/mol. The number of aryl methyl sites for hydroxylation is 1. The van der Waals surface area contributed by atoms with Gasteiger partial charge in [-0.1, -0.05) is 30.3 Å². The van der Waals surface area contributed by atoms with E-state index in [2.05, 4.69) is 19.0 Å². The van der Waals surface area contributed by atoms with E-state index in [0.29, 0.717) is 0 Å². The number of hydrogen-bond acceptors (Lipinski definition) is 2. The number of carbonyl (C=O) groups is 1. The number of benzene rings is 1. The van der Waals surface area contributed by atoms with Crippen LogP contribution in [0, 0.1) is 0 Å². The Bertz CT molecular complexity index is 529. The van der Waals surface area contributed by atoms with Crippen LogP contribution < -0.4 is 0 Å². The summed E-state index contributed by atoms with van der Waals surface area (Å²) in [6.45, 7) is 1.90. The number of aromatic nitrogens is 1. The summed E-state index contributed by atoms with van der Waals surface area (Å²) in [5.74, 6) is 0.0930. The van der Waals surface area contributed by atoms with Crippen LogP contribution in [0.2, 0.25) is 0 Å². The lowest BCUT2D eigenvalue weighted by Gasteiger charge is -2.12. The first-order chi connectivity index (χ1) is 9.18. The predicted molar refractivity (Wildman–Crippen MR) is 77.5 cm³/mol. The van der Waals surface area contributed by atoms with E-state index in [4.69, 9.17) is 0 Å². The van der Waals surface area contributed by atoms with Gasteiger partial charge < -0.3 is 9.47 Å². The number of carbonyl (C=O) groups excluding carboxylic acids is 1. The van der Waals surface area contributed by atoms with Gasteiger partial charge in [0.15, 0.2) is 0 Å². The summed E-state index contributed by atoms with van der Waals surface area (Å²) in [7, 11) is 4.12. The molecule has 0 aliphatic carbocycles. The molecule has 0 fully saturated rings. The summed E-state index contributed by atoms with van der Waals surface area (Å²) < 4.78 is 2.04. The first-order valence-electron chi connectivity index (χ1n) is 6.58. The third-order valence-electron chi connectivity index (χ3n) is 3.10. The molecule has 1 aromatic heterocycles.